The molecule has 5 atom stereocenters. The molecule has 1 heterocycles. The van der Waals surface area contributed by atoms with Crippen molar-refractivity contribution in [2.75, 3.05) is 5.88 Å². The Balaban J connectivity index is 1.58. The van der Waals surface area contributed by atoms with E-state index in [4.69, 9.17) is 23.2 Å². The molecule has 2 aromatic rings. The van der Waals surface area contributed by atoms with Crippen LogP contribution in [0.1, 0.15) is 33.6 Å². The third kappa shape index (κ3) is 4.22. The number of halogens is 2. The standard InChI is InChI=1S/C26H21Cl2N3O6/c27-12-11-20(23(32)14-3-7-18(28)8-4-14)29(24(33)15-5-9-19(10-6-15)31(36)37)30-25(34)21-16-1-2-17(13-16)22(21)26(30)35/h1-10,16-17,20-22H,11-13H2/t16-,17-,20-,21-,22+/m0/s1. The number of ketones is 1. The number of rotatable bonds is 8. The van der Waals surface area contributed by atoms with Crippen LogP contribution in [0.2, 0.25) is 5.02 Å². The summed E-state index contributed by atoms with van der Waals surface area (Å²) in [7, 11) is 0. The summed E-state index contributed by atoms with van der Waals surface area (Å²) in [6.07, 6.45) is 4.52. The maximum Gasteiger partial charge on any atom is 0.273 e. The van der Waals surface area contributed by atoms with Crippen molar-refractivity contribution in [1.82, 2.24) is 10.0 Å². The molecule has 190 valence electrons. The Bertz CT molecular complexity index is 1300. The largest absolute Gasteiger partial charge is 0.292 e. The summed E-state index contributed by atoms with van der Waals surface area (Å²) in [5.41, 5.74) is -0.0296. The first kappa shape index (κ1) is 25.1. The van der Waals surface area contributed by atoms with Crippen LogP contribution in [0, 0.1) is 33.8 Å². The van der Waals surface area contributed by atoms with Gasteiger partial charge in [0.1, 0.15) is 6.04 Å². The van der Waals surface area contributed by atoms with E-state index in [1.165, 1.54) is 36.4 Å². The summed E-state index contributed by atoms with van der Waals surface area (Å²) in [5.74, 6) is -3.85. The zero-order valence-electron chi connectivity index (χ0n) is 19.3. The van der Waals surface area contributed by atoms with Gasteiger partial charge in [0.2, 0.25) is 0 Å². The van der Waals surface area contributed by atoms with E-state index in [-0.39, 0.29) is 41.0 Å². The zero-order valence-corrected chi connectivity index (χ0v) is 20.8. The third-order valence-corrected chi connectivity index (χ3v) is 7.78. The van der Waals surface area contributed by atoms with E-state index in [2.05, 4.69) is 0 Å². The Morgan fingerprint density at radius 2 is 1.51 bits per heavy atom. The van der Waals surface area contributed by atoms with Gasteiger partial charge < -0.3 is 0 Å². The Labute approximate surface area is 221 Å². The number of hydrogen-bond donors (Lipinski definition) is 0. The number of amides is 3. The van der Waals surface area contributed by atoms with Gasteiger partial charge in [0.25, 0.3) is 23.4 Å². The van der Waals surface area contributed by atoms with Crippen molar-refractivity contribution in [2.45, 2.75) is 18.9 Å². The van der Waals surface area contributed by atoms with Crippen LogP contribution in [0.4, 0.5) is 5.69 Å². The molecule has 1 saturated carbocycles. The molecule has 2 fully saturated rings. The number of carbonyl (C=O) groups excluding carboxylic acids is 4. The number of hydrogen-bond acceptors (Lipinski definition) is 6. The summed E-state index contributed by atoms with van der Waals surface area (Å²) in [6, 6.07) is 9.51. The molecular weight excluding hydrogens is 521 g/mol. The number of Topliss-reactive ketones (excluding diaryl/α,β-unsaturated/α-hetero) is 1. The van der Waals surface area contributed by atoms with Crippen molar-refractivity contribution in [3.63, 3.8) is 0 Å². The second-order valence-electron chi connectivity index (χ2n) is 9.31. The molecule has 3 amide bonds. The lowest BCUT2D eigenvalue weighted by Gasteiger charge is -2.36. The van der Waals surface area contributed by atoms with Crippen LogP contribution in [0.15, 0.2) is 60.7 Å². The molecule has 0 unspecified atom stereocenters. The molecule has 0 aromatic heterocycles. The second-order valence-corrected chi connectivity index (χ2v) is 10.1. The average Bonchev–Trinajstić information content (AvgIpc) is 3.58. The zero-order chi connectivity index (χ0) is 26.4. The molecule has 2 aliphatic carbocycles. The summed E-state index contributed by atoms with van der Waals surface area (Å²) in [4.78, 5) is 65.3. The smallest absolute Gasteiger partial charge is 0.273 e. The topological polar surface area (TPSA) is 118 Å². The van der Waals surface area contributed by atoms with Gasteiger partial charge in [-0.3, -0.25) is 29.3 Å². The van der Waals surface area contributed by atoms with E-state index < -0.39 is 46.3 Å². The lowest BCUT2D eigenvalue weighted by molar-refractivity contribution is -0.384. The summed E-state index contributed by atoms with van der Waals surface area (Å²) in [5, 5.41) is 13.2. The fourth-order valence-electron chi connectivity index (χ4n) is 5.60. The van der Waals surface area contributed by atoms with Crippen LogP contribution < -0.4 is 0 Å². The molecule has 0 spiro atoms. The van der Waals surface area contributed by atoms with E-state index in [9.17, 15) is 29.3 Å². The van der Waals surface area contributed by atoms with E-state index in [1.54, 1.807) is 0 Å². The molecule has 0 N–H and O–H groups in total. The number of alkyl halides is 1. The van der Waals surface area contributed by atoms with Gasteiger partial charge >= 0.3 is 0 Å². The Hall–Kier alpha value is -3.56. The SMILES string of the molecule is O=C(c1ccc(Cl)cc1)[C@H](CCCl)N(C(=O)c1ccc([N+](=O)[O-])cc1)N1C(=O)[C@@H]2[C@H](C1=O)[C@H]1C=C[C@H]2C1. The Kier molecular flexibility index (Phi) is 6.59. The third-order valence-electron chi connectivity index (χ3n) is 7.30. The summed E-state index contributed by atoms with van der Waals surface area (Å²) >= 11 is 12.0. The highest BCUT2D eigenvalue weighted by Gasteiger charge is 2.62. The van der Waals surface area contributed by atoms with Crippen LogP contribution in [-0.2, 0) is 9.59 Å². The number of allylic oxidation sites excluding steroid dienone is 2. The van der Waals surface area contributed by atoms with E-state index >= 15 is 0 Å². The number of nitrogens with zero attached hydrogens (tertiary/aromatic N) is 3. The highest BCUT2D eigenvalue weighted by Crippen LogP contribution is 2.53. The van der Waals surface area contributed by atoms with Gasteiger partial charge in [0, 0.05) is 34.2 Å². The number of nitro groups is 1. The van der Waals surface area contributed by atoms with Gasteiger partial charge in [-0.05, 0) is 61.1 Å². The van der Waals surface area contributed by atoms with Crippen LogP contribution >= 0.6 is 23.2 Å². The Morgan fingerprint density at radius 3 is 2.03 bits per heavy atom. The molecule has 2 bridgehead atoms. The van der Waals surface area contributed by atoms with Crippen molar-refractivity contribution < 1.29 is 24.1 Å². The maximum atomic E-state index is 13.9. The molecule has 9 nitrogen and oxygen atoms in total. The molecule has 3 aliphatic rings. The number of imide groups is 1. The van der Waals surface area contributed by atoms with Gasteiger partial charge in [-0.25, -0.2) is 5.01 Å². The highest BCUT2D eigenvalue weighted by molar-refractivity contribution is 6.30. The number of hydrazine groups is 1. The van der Waals surface area contributed by atoms with Crippen LogP contribution in [0.3, 0.4) is 0 Å². The van der Waals surface area contributed by atoms with Crippen molar-refractivity contribution in [2.24, 2.45) is 23.7 Å². The monoisotopic (exact) mass is 541 g/mol. The minimum Gasteiger partial charge on any atom is -0.292 e. The van der Waals surface area contributed by atoms with Crippen molar-refractivity contribution in [3.05, 3.63) is 86.9 Å². The molecule has 2 aromatic carbocycles. The number of non-ortho nitro benzene ring substituents is 1. The highest BCUT2D eigenvalue weighted by atomic mass is 35.5. The van der Waals surface area contributed by atoms with E-state index in [0.29, 0.717) is 11.4 Å². The fraction of sp³-hybridized carbons (Fsp3) is 0.308. The van der Waals surface area contributed by atoms with Crippen molar-refractivity contribution in [3.8, 4) is 0 Å². The number of nitro benzene ring substituents is 1. The lowest BCUT2D eigenvalue weighted by atomic mass is 9.85. The van der Waals surface area contributed by atoms with Crippen LogP contribution in [0.25, 0.3) is 0 Å². The Morgan fingerprint density at radius 1 is 0.973 bits per heavy atom. The predicted molar refractivity (Wildman–Crippen MR) is 134 cm³/mol. The fourth-order valence-corrected chi connectivity index (χ4v) is 5.94. The average molecular weight is 542 g/mol. The van der Waals surface area contributed by atoms with Crippen LogP contribution in [-0.4, -0.2) is 50.4 Å². The quantitative estimate of drug-likeness (QED) is 0.123. The molecule has 0 radical (unpaired) electrons. The van der Waals surface area contributed by atoms with Crippen molar-refractivity contribution >= 4 is 52.4 Å². The normalized spacial score (nSPS) is 24.3. The summed E-state index contributed by atoms with van der Waals surface area (Å²) in [6.45, 7) is 0. The first-order valence-corrected chi connectivity index (χ1v) is 12.6. The first-order chi connectivity index (χ1) is 17.7. The molecular formula is C26H21Cl2N3O6. The van der Waals surface area contributed by atoms with Crippen molar-refractivity contribution in [1.29, 1.82) is 0 Å². The summed E-state index contributed by atoms with van der Waals surface area (Å²) < 4.78 is 0. The second kappa shape index (κ2) is 9.72. The molecule has 37 heavy (non-hydrogen) atoms. The molecule has 5 rings (SSSR count). The van der Waals surface area contributed by atoms with E-state index in [1.807, 2.05) is 12.2 Å². The molecule has 11 heteroatoms. The number of carbonyl (C=O) groups is 4. The van der Waals surface area contributed by atoms with Gasteiger partial charge in [-0.1, -0.05) is 23.8 Å². The van der Waals surface area contributed by atoms with Crippen LogP contribution in [0.5, 0.6) is 0 Å². The molecule has 1 aliphatic heterocycles. The van der Waals surface area contributed by atoms with Gasteiger partial charge in [-0.15, -0.1) is 11.6 Å². The molecule has 1 saturated heterocycles. The maximum absolute atomic E-state index is 13.9. The predicted octanol–water partition coefficient (Wildman–Crippen LogP) is 4.29. The minimum atomic E-state index is -1.28. The lowest BCUT2D eigenvalue weighted by Crippen LogP contribution is -2.58. The number of benzene rings is 2. The van der Waals surface area contributed by atoms with Gasteiger partial charge in [0.15, 0.2) is 5.78 Å². The minimum absolute atomic E-state index is 0.0205. The van der Waals surface area contributed by atoms with Gasteiger partial charge in [-0.2, -0.15) is 5.01 Å². The first-order valence-electron chi connectivity index (χ1n) is 11.7. The van der Waals surface area contributed by atoms with E-state index in [0.717, 1.165) is 22.2 Å². The number of fused-ring (bicyclic) bond motifs is 5. The van der Waals surface area contributed by atoms with Gasteiger partial charge in [0.05, 0.1) is 16.8 Å².